The molecule has 0 aromatic rings. The van der Waals surface area contributed by atoms with Crippen LogP contribution in [-0.4, -0.2) is 60.4 Å². The van der Waals surface area contributed by atoms with E-state index in [4.69, 9.17) is 0 Å². The third-order valence-corrected chi connectivity index (χ3v) is 5.34. The number of likely N-dealkylation sites (N-methyl/N-ethyl adjacent to an activating group) is 1. The van der Waals surface area contributed by atoms with Gasteiger partial charge in [-0.1, -0.05) is 40.0 Å². The third-order valence-electron chi connectivity index (χ3n) is 5.34. The number of nitrogens with zero attached hydrogens (tertiary/aromatic N) is 2. The van der Waals surface area contributed by atoms with E-state index in [0.29, 0.717) is 0 Å². The Bertz CT molecular complexity index is 397. The van der Waals surface area contributed by atoms with Crippen LogP contribution in [0.3, 0.4) is 0 Å². The van der Waals surface area contributed by atoms with Crippen LogP contribution in [0, 0.1) is 11.8 Å². The van der Waals surface area contributed by atoms with E-state index in [0.717, 1.165) is 58.4 Å². The molecule has 0 spiro atoms. The first-order chi connectivity index (χ1) is 11.0. The van der Waals surface area contributed by atoms with Crippen molar-refractivity contribution < 1.29 is 9.59 Å². The molecule has 132 valence electrons. The summed E-state index contributed by atoms with van der Waals surface area (Å²) in [6.07, 6.45) is 5.45. The molecule has 1 saturated heterocycles. The van der Waals surface area contributed by atoms with Gasteiger partial charge in [-0.3, -0.25) is 9.59 Å². The minimum atomic E-state index is -0.377. The number of hydrogen-bond donors (Lipinski definition) is 1. The number of carbonyl (C=O) groups is 2. The van der Waals surface area contributed by atoms with Gasteiger partial charge in [0.05, 0.1) is 0 Å². The van der Waals surface area contributed by atoms with Crippen LogP contribution in [0.1, 0.15) is 52.9 Å². The Morgan fingerprint density at radius 1 is 1.04 bits per heavy atom. The van der Waals surface area contributed by atoms with Crippen LogP contribution in [0.5, 0.6) is 0 Å². The van der Waals surface area contributed by atoms with Gasteiger partial charge in [0.1, 0.15) is 6.04 Å². The summed E-state index contributed by atoms with van der Waals surface area (Å²) < 4.78 is 0. The van der Waals surface area contributed by atoms with Crippen molar-refractivity contribution in [1.82, 2.24) is 15.1 Å². The lowest BCUT2D eigenvalue weighted by Crippen LogP contribution is -2.57. The Morgan fingerprint density at radius 2 is 1.65 bits per heavy atom. The first-order valence-corrected chi connectivity index (χ1v) is 9.34. The summed E-state index contributed by atoms with van der Waals surface area (Å²) in [6, 6.07) is -0.377. The Balaban J connectivity index is 1.92. The summed E-state index contributed by atoms with van der Waals surface area (Å²) >= 11 is 0. The maximum absolute atomic E-state index is 12.8. The highest BCUT2D eigenvalue weighted by molar-refractivity contribution is 5.88. The van der Waals surface area contributed by atoms with E-state index in [1.807, 2.05) is 18.7 Å². The summed E-state index contributed by atoms with van der Waals surface area (Å²) in [5.74, 6) is 0.415. The largest absolute Gasteiger partial charge is 0.344 e. The molecule has 0 aromatic carbocycles. The molecule has 1 heterocycles. The van der Waals surface area contributed by atoms with Crippen LogP contribution < -0.4 is 5.32 Å². The highest BCUT2D eigenvalue weighted by Crippen LogP contribution is 2.24. The van der Waals surface area contributed by atoms with Crippen LogP contribution in [-0.2, 0) is 9.59 Å². The molecule has 1 aliphatic heterocycles. The molecule has 0 aromatic heterocycles. The van der Waals surface area contributed by atoms with Crippen molar-refractivity contribution in [2.75, 3.05) is 32.7 Å². The standard InChI is InChI=1S/C18H33N3O2/c1-4-20-10-12-21(13-11-20)18(23)16(14(2)3)19-17(22)15-8-6-5-7-9-15/h14-16H,4-13H2,1-3H3,(H,19,22)/t16-/m0/s1. The molecule has 0 radical (unpaired) electrons. The van der Waals surface area contributed by atoms with Gasteiger partial charge in [0.25, 0.3) is 0 Å². The van der Waals surface area contributed by atoms with Gasteiger partial charge >= 0.3 is 0 Å². The highest BCUT2D eigenvalue weighted by Gasteiger charge is 2.32. The fraction of sp³-hybridized carbons (Fsp3) is 0.889. The minimum absolute atomic E-state index is 0.0870. The van der Waals surface area contributed by atoms with Gasteiger partial charge in [0.2, 0.25) is 11.8 Å². The van der Waals surface area contributed by atoms with Crippen molar-refractivity contribution in [2.45, 2.75) is 58.9 Å². The van der Waals surface area contributed by atoms with E-state index < -0.39 is 0 Å². The predicted octanol–water partition coefficient (Wildman–Crippen LogP) is 1.87. The quantitative estimate of drug-likeness (QED) is 0.840. The molecule has 5 nitrogen and oxygen atoms in total. The van der Waals surface area contributed by atoms with Crippen molar-refractivity contribution in [3.05, 3.63) is 0 Å². The van der Waals surface area contributed by atoms with Gasteiger partial charge in [-0.15, -0.1) is 0 Å². The van der Waals surface area contributed by atoms with E-state index in [1.54, 1.807) is 0 Å². The second-order valence-electron chi connectivity index (χ2n) is 7.32. The molecule has 5 heteroatoms. The molecule has 2 fully saturated rings. The van der Waals surface area contributed by atoms with Gasteiger partial charge in [-0.05, 0) is 25.3 Å². The monoisotopic (exact) mass is 323 g/mol. The average Bonchev–Trinajstić information content (AvgIpc) is 2.59. The Hall–Kier alpha value is -1.10. The molecule has 0 bridgehead atoms. The molecule has 1 saturated carbocycles. The summed E-state index contributed by atoms with van der Waals surface area (Å²) in [5, 5.41) is 3.06. The van der Waals surface area contributed by atoms with Crippen molar-refractivity contribution in [3.8, 4) is 0 Å². The molecule has 2 aliphatic rings. The molecular formula is C18H33N3O2. The fourth-order valence-electron chi connectivity index (χ4n) is 3.63. The summed E-state index contributed by atoms with van der Waals surface area (Å²) in [5.41, 5.74) is 0. The van der Waals surface area contributed by atoms with E-state index in [9.17, 15) is 9.59 Å². The first-order valence-electron chi connectivity index (χ1n) is 9.34. The number of piperazine rings is 1. The van der Waals surface area contributed by atoms with Crippen LogP contribution in [0.2, 0.25) is 0 Å². The summed E-state index contributed by atoms with van der Waals surface area (Å²) in [4.78, 5) is 29.6. The van der Waals surface area contributed by atoms with E-state index in [2.05, 4.69) is 17.1 Å². The zero-order valence-electron chi connectivity index (χ0n) is 15.0. The van der Waals surface area contributed by atoms with Crippen molar-refractivity contribution in [3.63, 3.8) is 0 Å². The van der Waals surface area contributed by atoms with Crippen LogP contribution in [0.4, 0.5) is 0 Å². The van der Waals surface area contributed by atoms with Gasteiger partial charge in [-0.2, -0.15) is 0 Å². The molecule has 0 unspecified atom stereocenters. The number of rotatable bonds is 5. The highest BCUT2D eigenvalue weighted by atomic mass is 16.2. The number of carbonyl (C=O) groups excluding carboxylic acids is 2. The molecule has 1 N–H and O–H groups in total. The number of amides is 2. The molecule has 1 aliphatic carbocycles. The van der Waals surface area contributed by atoms with Crippen LogP contribution >= 0.6 is 0 Å². The van der Waals surface area contributed by atoms with Gasteiger partial charge in [-0.25, -0.2) is 0 Å². The SMILES string of the molecule is CCN1CCN(C(=O)[C@@H](NC(=O)C2CCCCC2)C(C)C)CC1. The predicted molar refractivity (Wildman–Crippen MR) is 92.0 cm³/mol. The number of hydrogen-bond acceptors (Lipinski definition) is 3. The lowest BCUT2D eigenvalue weighted by atomic mass is 9.88. The number of nitrogens with one attached hydrogen (secondary N) is 1. The lowest BCUT2D eigenvalue weighted by molar-refractivity contribution is -0.140. The van der Waals surface area contributed by atoms with Crippen LogP contribution in [0.25, 0.3) is 0 Å². The minimum Gasteiger partial charge on any atom is -0.344 e. The van der Waals surface area contributed by atoms with E-state index in [-0.39, 0.29) is 29.7 Å². The fourth-order valence-corrected chi connectivity index (χ4v) is 3.63. The normalized spacial score (nSPS) is 22.2. The second-order valence-corrected chi connectivity index (χ2v) is 7.32. The van der Waals surface area contributed by atoms with Gasteiger partial charge in [0.15, 0.2) is 0 Å². The zero-order chi connectivity index (χ0) is 16.8. The van der Waals surface area contributed by atoms with Crippen molar-refractivity contribution in [2.24, 2.45) is 11.8 Å². The first kappa shape index (κ1) is 18.2. The van der Waals surface area contributed by atoms with E-state index in [1.165, 1.54) is 6.42 Å². The maximum atomic E-state index is 12.8. The summed E-state index contributed by atoms with van der Waals surface area (Å²) in [6.45, 7) is 10.6. The second kappa shape index (κ2) is 8.67. The molecule has 23 heavy (non-hydrogen) atoms. The Kier molecular flexibility index (Phi) is 6.88. The topological polar surface area (TPSA) is 52.6 Å². The maximum Gasteiger partial charge on any atom is 0.245 e. The molecule has 2 amide bonds. The van der Waals surface area contributed by atoms with Crippen molar-refractivity contribution in [1.29, 1.82) is 0 Å². The molecular weight excluding hydrogens is 290 g/mol. The summed E-state index contributed by atoms with van der Waals surface area (Å²) in [7, 11) is 0. The van der Waals surface area contributed by atoms with Gasteiger partial charge in [0, 0.05) is 32.1 Å². The Labute approximate surface area is 140 Å². The third kappa shape index (κ3) is 4.93. The average molecular weight is 323 g/mol. The zero-order valence-corrected chi connectivity index (χ0v) is 15.0. The van der Waals surface area contributed by atoms with Gasteiger partial charge < -0.3 is 15.1 Å². The Morgan fingerprint density at radius 3 is 2.17 bits per heavy atom. The van der Waals surface area contributed by atoms with E-state index >= 15 is 0 Å². The smallest absolute Gasteiger partial charge is 0.245 e. The molecule has 2 rings (SSSR count). The lowest BCUT2D eigenvalue weighted by Gasteiger charge is -2.37. The van der Waals surface area contributed by atoms with Crippen molar-refractivity contribution >= 4 is 11.8 Å². The molecule has 1 atom stereocenters. The van der Waals surface area contributed by atoms with Crippen LogP contribution in [0.15, 0.2) is 0 Å².